The molecule has 26 heavy (non-hydrogen) atoms. The van der Waals surface area contributed by atoms with Crippen molar-refractivity contribution in [3.63, 3.8) is 0 Å². The molecule has 0 spiro atoms. The highest BCUT2D eigenvalue weighted by molar-refractivity contribution is 5.79. The number of hydrogen-bond acceptors (Lipinski definition) is 3. The maximum atomic E-state index is 12.7. The van der Waals surface area contributed by atoms with E-state index in [9.17, 15) is 9.59 Å². The van der Waals surface area contributed by atoms with Gasteiger partial charge in [-0.25, -0.2) is 9.59 Å². The van der Waals surface area contributed by atoms with Crippen LogP contribution in [0.15, 0.2) is 30.3 Å². The van der Waals surface area contributed by atoms with Crippen LogP contribution in [0.3, 0.4) is 0 Å². The SMILES string of the molecule is O=C(NCc1ccccc1)N1CCN2C(=O)N(C3CCOCC3)C[C@H]2C1. The van der Waals surface area contributed by atoms with Crippen LogP contribution in [0, 0.1) is 0 Å². The van der Waals surface area contributed by atoms with Gasteiger partial charge in [-0.3, -0.25) is 0 Å². The van der Waals surface area contributed by atoms with E-state index in [0.717, 1.165) is 31.6 Å². The molecule has 7 heteroatoms. The molecular weight excluding hydrogens is 332 g/mol. The highest BCUT2D eigenvalue weighted by Gasteiger charge is 2.44. The third-order valence-corrected chi connectivity index (χ3v) is 5.59. The number of carbonyl (C=O) groups is 2. The summed E-state index contributed by atoms with van der Waals surface area (Å²) in [4.78, 5) is 31.0. The predicted octanol–water partition coefficient (Wildman–Crippen LogP) is 1.50. The fourth-order valence-electron chi connectivity index (χ4n) is 4.11. The van der Waals surface area contributed by atoms with Gasteiger partial charge in [0.15, 0.2) is 0 Å². The zero-order chi connectivity index (χ0) is 17.9. The molecule has 0 aromatic heterocycles. The number of nitrogens with one attached hydrogen (secondary N) is 1. The molecule has 0 bridgehead atoms. The van der Waals surface area contributed by atoms with Crippen molar-refractivity contribution in [1.29, 1.82) is 0 Å². The molecule has 1 atom stereocenters. The second kappa shape index (κ2) is 7.53. The van der Waals surface area contributed by atoms with Crippen molar-refractivity contribution in [2.75, 3.05) is 39.4 Å². The Balaban J connectivity index is 1.32. The molecule has 1 aromatic carbocycles. The Kier molecular flexibility index (Phi) is 4.97. The van der Waals surface area contributed by atoms with Crippen LogP contribution in [0.5, 0.6) is 0 Å². The van der Waals surface area contributed by atoms with E-state index in [0.29, 0.717) is 32.7 Å². The third-order valence-electron chi connectivity index (χ3n) is 5.59. The van der Waals surface area contributed by atoms with Gasteiger partial charge in [-0.05, 0) is 18.4 Å². The number of amides is 4. The van der Waals surface area contributed by atoms with E-state index in [-0.39, 0.29) is 24.1 Å². The van der Waals surface area contributed by atoms with Gasteiger partial charge in [0.05, 0.1) is 6.04 Å². The number of benzene rings is 1. The summed E-state index contributed by atoms with van der Waals surface area (Å²) in [5.41, 5.74) is 1.08. The Hall–Kier alpha value is -2.28. The Labute approximate surface area is 153 Å². The third kappa shape index (κ3) is 3.49. The van der Waals surface area contributed by atoms with Gasteiger partial charge in [-0.2, -0.15) is 0 Å². The molecule has 140 valence electrons. The Morgan fingerprint density at radius 2 is 1.81 bits per heavy atom. The number of hydrogen-bond donors (Lipinski definition) is 1. The lowest BCUT2D eigenvalue weighted by molar-refractivity contribution is 0.0504. The maximum absolute atomic E-state index is 12.7. The molecule has 3 saturated heterocycles. The minimum atomic E-state index is -0.0505. The summed E-state index contributed by atoms with van der Waals surface area (Å²) in [6.45, 7) is 4.50. The highest BCUT2D eigenvalue weighted by atomic mass is 16.5. The van der Waals surface area contributed by atoms with E-state index in [2.05, 4.69) is 5.32 Å². The van der Waals surface area contributed by atoms with Crippen molar-refractivity contribution >= 4 is 12.1 Å². The zero-order valence-corrected chi connectivity index (χ0v) is 15.0. The van der Waals surface area contributed by atoms with Gasteiger partial charge in [0.2, 0.25) is 0 Å². The minimum Gasteiger partial charge on any atom is -0.381 e. The lowest BCUT2D eigenvalue weighted by atomic mass is 10.1. The van der Waals surface area contributed by atoms with Crippen LogP contribution in [0.2, 0.25) is 0 Å². The summed E-state index contributed by atoms with van der Waals surface area (Å²) in [5, 5.41) is 2.99. The molecule has 4 rings (SSSR count). The Bertz CT molecular complexity index is 647. The summed E-state index contributed by atoms with van der Waals surface area (Å²) < 4.78 is 5.41. The molecule has 3 aliphatic heterocycles. The summed E-state index contributed by atoms with van der Waals surface area (Å²) in [7, 11) is 0. The number of rotatable bonds is 3. The summed E-state index contributed by atoms with van der Waals surface area (Å²) in [6, 6.07) is 10.4. The highest BCUT2D eigenvalue weighted by Crippen LogP contribution is 2.26. The first-order chi connectivity index (χ1) is 12.7. The predicted molar refractivity (Wildman–Crippen MR) is 96.7 cm³/mol. The molecule has 1 aromatic rings. The van der Waals surface area contributed by atoms with Gasteiger partial charge in [0.25, 0.3) is 0 Å². The van der Waals surface area contributed by atoms with Crippen molar-refractivity contribution in [2.45, 2.75) is 31.5 Å². The van der Waals surface area contributed by atoms with E-state index in [1.165, 1.54) is 0 Å². The average molecular weight is 358 g/mol. The van der Waals surface area contributed by atoms with Crippen LogP contribution in [0.1, 0.15) is 18.4 Å². The second-order valence-corrected chi connectivity index (χ2v) is 7.22. The van der Waals surface area contributed by atoms with Gasteiger partial charge in [0.1, 0.15) is 0 Å². The van der Waals surface area contributed by atoms with E-state index in [4.69, 9.17) is 4.74 Å². The van der Waals surface area contributed by atoms with Crippen molar-refractivity contribution in [2.24, 2.45) is 0 Å². The fourth-order valence-corrected chi connectivity index (χ4v) is 4.11. The number of urea groups is 2. The molecule has 7 nitrogen and oxygen atoms in total. The van der Waals surface area contributed by atoms with Crippen LogP contribution in [0.4, 0.5) is 9.59 Å². The molecule has 0 aliphatic carbocycles. The first-order valence-electron chi connectivity index (χ1n) is 9.44. The lowest BCUT2D eigenvalue weighted by Crippen LogP contribution is -2.55. The number of piperazine rings is 1. The molecule has 3 fully saturated rings. The van der Waals surface area contributed by atoms with Crippen molar-refractivity contribution in [3.05, 3.63) is 35.9 Å². The van der Waals surface area contributed by atoms with Crippen molar-refractivity contribution < 1.29 is 14.3 Å². The minimum absolute atomic E-state index is 0.0505. The molecular formula is C19H26N4O3. The Morgan fingerprint density at radius 3 is 2.58 bits per heavy atom. The van der Waals surface area contributed by atoms with Gasteiger partial charge in [-0.15, -0.1) is 0 Å². The second-order valence-electron chi connectivity index (χ2n) is 7.22. The molecule has 4 amide bonds. The number of carbonyl (C=O) groups excluding carboxylic acids is 2. The van der Waals surface area contributed by atoms with E-state index >= 15 is 0 Å². The molecule has 3 heterocycles. The van der Waals surface area contributed by atoms with Crippen LogP contribution >= 0.6 is 0 Å². The normalized spacial score (nSPS) is 23.9. The summed E-state index contributed by atoms with van der Waals surface area (Å²) >= 11 is 0. The summed E-state index contributed by atoms with van der Waals surface area (Å²) in [6.07, 6.45) is 1.82. The maximum Gasteiger partial charge on any atom is 0.320 e. The molecule has 0 unspecified atom stereocenters. The van der Waals surface area contributed by atoms with Crippen molar-refractivity contribution in [1.82, 2.24) is 20.0 Å². The lowest BCUT2D eigenvalue weighted by Gasteiger charge is -2.36. The van der Waals surface area contributed by atoms with Gasteiger partial charge < -0.3 is 24.8 Å². The fraction of sp³-hybridized carbons (Fsp3) is 0.579. The first-order valence-corrected chi connectivity index (χ1v) is 9.44. The van der Waals surface area contributed by atoms with Crippen LogP contribution < -0.4 is 5.32 Å². The van der Waals surface area contributed by atoms with E-state index < -0.39 is 0 Å². The largest absolute Gasteiger partial charge is 0.381 e. The number of nitrogens with zero attached hydrogens (tertiary/aromatic N) is 3. The molecule has 0 saturated carbocycles. The topological polar surface area (TPSA) is 65.1 Å². The van der Waals surface area contributed by atoms with E-state index in [1.54, 1.807) is 0 Å². The first kappa shape index (κ1) is 17.1. The van der Waals surface area contributed by atoms with Crippen LogP contribution in [-0.4, -0.2) is 78.2 Å². The summed E-state index contributed by atoms with van der Waals surface area (Å²) in [5.74, 6) is 0. The zero-order valence-electron chi connectivity index (χ0n) is 15.0. The quantitative estimate of drug-likeness (QED) is 0.891. The van der Waals surface area contributed by atoms with Gasteiger partial charge >= 0.3 is 12.1 Å². The molecule has 3 aliphatic rings. The van der Waals surface area contributed by atoms with Gasteiger partial charge in [-0.1, -0.05) is 30.3 Å². The molecule has 0 radical (unpaired) electrons. The van der Waals surface area contributed by atoms with Crippen molar-refractivity contribution in [3.8, 4) is 0 Å². The Morgan fingerprint density at radius 1 is 1.04 bits per heavy atom. The van der Waals surface area contributed by atoms with Gasteiger partial charge in [0, 0.05) is 52.0 Å². The van der Waals surface area contributed by atoms with E-state index in [1.807, 2.05) is 45.0 Å². The van der Waals surface area contributed by atoms with Crippen LogP contribution in [0.25, 0.3) is 0 Å². The average Bonchev–Trinajstić information content (AvgIpc) is 3.03. The standard InChI is InChI=1S/C19H26N4O3/c24-18(20-12-15-4-2-1-3-5-15)21-8-9-22-17(13-21)14-23(19(22)25)16-6-10-26-11-7-16/h1-5,16-17H,6-14H2,(H,20,24)/t17-/m1/s1. The smallest absolute Gasteiger partial charge is 0.320 e. The number of fused-ring (bicyclic) bond motifs is 1. The number of ether oxygens (including phenoxy) is 1. The molecule has 1 N–H and O–H groups in total. The van der Waals surface area contributed by atoms with Crippen LogP contribution in [-0.2, 0) is 11.3 Å². The monoisotopic (exact) mass is 358 g/mol.